The molecule has 0 bridgehead atoms. The highest BCUT2D eigenvalue weighted by atomic mass is 35.5. The Morgan fingerprint density at radius 2 is 1.77 bits per heavy atom. The minimum absolute atomic E-state index is 0.195. The SMILES string of the molecule is COc1cc(-n2cccc2)c(Cl)cc1C(=O)Nc1ccc(C(=O)c2nccn2C)cc1. The third-order valence-corrected chi connectivity index (χ3v) is 5.13. The highest BCUT2D eigenvalue weighted by Gasteiger charge is 2.18. The van der Waals surface area contributed by atoms with Crippen molar-refractivity contribution in [2.45, 2.75) is 0 Å². The van der Waals surface area contributed by atoms with Crippen LogP contribution in [0.3, 0.4) is 0 Å². The smallest absolute Gasteiger partial charge is 0.259 e. The van der Waals surface area contributed by atoms with E-state index in [-0.39, 0.29) is 11.7 Å². The maximum atomic E-state index is 12.9. The van der Waals surface area contributed by atoms with Gasteiger partial charge in [-0.05, 0) is 42.5 Å². The van der Waals surface area contributed by atoms with Gasteiger partial charge in [-0.1, -0.05) is 11.6 Å². The van der Waals surface area contributed by atoms with Crippen LogP contribution < -0.4 is 10.1 Å². The molecule has 0 unspecified atom stereocenters. The van der Waals surface area contributed by atoms with Gasteiger partial charge in [0.25, 0.3) is 5.91 Å². The number of benzene rings is 2. The molecule has 1 amide bonds. The van der Waals surface area contributed by atoms with Crippen LogP contribution in [0.2, 0.25) is 5.02 Å². The molecule has 1 N–H and O–H groups in total. The fourth-order valence-electron chi connectivity index (χ4n) is 3.20. The van der Waals surface area contributed by atoms with E-state index in [1.807, 2.05) is 29.1 Å². The Balaban J connectivity index is 1.55. The summed E-state index contributed by atoms with van der Waals surface area (Å²) in [5, 5.41) is 3.23. The Labute approximate surface area is 183 Å². The van der Waals surface area contributed by atoms with E-state index in [1.54, 1.807) is 60.4 Å². The molecule has 4 aromatic rings. The number of methoxy groups -OCH3 is 1. The topological polar surface area (TPSA) is 78.2 Å². The Hall–Kier alpha value is -3.84. The van der Waals surface area contributed by atoms with Gasteiger partial charge in [0.15, 0.2) is 5.82 Å². The fraction of sp³-hybridized carbons (Fsp3) is 0.0870. The summed E-state index contributed by atoms with van der Waals surface area (Å²) in [6, 6.07) is 13.7. The van der Waals surface area contributed by atoms with Crippen molar-refractivity contribution in [3.05, 3.63) is 95.3 Å². The minimum Gasteiger partial charge on any atom is -0.496 e. The van der Waals surface area contributed by atoms with Crippen molar-refractivity contribution in [3.8, 4) is 11.4 Å². The second kappa shape index (κ2) is 8.49. The normalized spacial score (nSPS) is 10.7. The first-order chi connectivity index (χ1) is 15.0. The zero-order chi connectivity index (χ0) is 22.0. The van der Waals surface area contributed by atoms with Crippen molar-refractivity contribution in [3.63, 3.8) is 0 Å². The average molecular weight is 435 g/mol. The number of hydrogen-bond acceptors (Lipinski definition) is 4. The number of carbonyl (C=O) groups is 2. The second-order valence-electron chi connectivity index (χ2n) is 6.82. The first-order valence-corrected chi connectivity index (χ1v) is 9.80. The summed E-state index contributed by atoms with van der Waals surface area (Å²) < 4.78 is 8.91. The predicted octanol–water partition coefficient (Wildman–Crippen LogP) is 4.36. The largest absolute Gasteiger partial charge is 0.496 e. The van der Waals surface area contributed by atoms with Crippen LogP contribution in [0, 0.1) is 0 Å². The van der Waals surface area contributed by atoms with E-state index >= 15 is 0 Å². The predicted molar refractivity (Wildman–Crippen MR) is 118 cm³/mol. The number of anilines is 1. The number of hydrogen-bond donors (Lipinski definition) is 1. The standard InChI is InChI=1S/C23H19ClN4O3/c1-27-12-9-25-22(27)21(29)15-5-7-16(8-6-15)26-23(30)17-13-18(24)19(14-20(17)31-2)28-10-3-4-11-28/h3-14H,1-2H3,(H,26,30). The average Bonchev–Trinajstić information content (AvgIpc) is 3.45. The number of rotatable bonds is 6. The first-order valence-electron chi connectivity index (χ1n) is 9.42. The zero-order valence-corrected chi connectivity index (χ0v) is 17.6. The quantitative estimate of drug-likeness (QED) is 0.457. The molecule has 2 aromatic heterocycles. The maximum absolute atomic E-state index is 12.9. The van der Waals surface area contributed by atoms with Crippen LogP contribution in [0.25, 0.3) is 5.69 Å². The zero-order valence-electron chi connectivity index (χ0n) is 16.9. The summed E-state index contributed by atoms with van der Waals surface area (Å²) in [4.78, 5) is 29.5. The fourth-order valence-corrected chi connectivity index (χ4v) is 3.46. The molecule has 31 heavy (non-hydrogen) atoms. The summed E-state index contributed by atoms with van der Waals surface area (Å²) in [5.41, 5.74) is 2.02. The Morgan fingerprint density at radius 3 is 2.39 bits per heavy atom. The van der Waals surface area contributed by atoms with Crippen LogP contribution >= 0.6 is 11.6 Å². The molecule has 7 nitrogen and oxygen atoms in total. The molecule has 2 aromatic carbocycles. The molecule has 0 spiro atoms. The van der Waals surface area contributed by atoms with Crippen molar-refractivity contribution < 1.29 is 14.3 Å². The van der Waals surface area contributed by atoms with Gasteiger partial charge in [0, 0.05) is 49.2 Å². The van der Waals surface area contributed by atoms with Crippen LogP contribution in [-0.2, 0) is 7.05 Å². The molecule has 8 heteroatoms. The Kier molecular flexibility index (Phi) is 5.60. The first kappa shape index (κ1) is 20.4. The summed E-state index contributed by atoms with van der Waals surface area (Å²) >= 11 is 6.41. The second-order valence-corrected chi connectivity index (χ2v) is 7.22. The number of aromatic nitrogens is 3. The third kappa shape index (κ3) is 4.08. The highest BCUT2D eigenvalue weighted by molar-refractivity contribution is 6.33. The van der Waals surface area contributed by atoms with Gasteiger partial charge in [-0.2, -0.15) is 0 Å². The molecule has 0 aliphatic carbocycles. The molecular weight excluding hydrogens is 416 g/mol. The number of imidazole rings is 1. The summed E-state index contributed by atoms with van der Waals surface area (Å²) in [7, 11) is 3.26. The van der Waals surface area contributed by atoms with Gasteiger partial charge in [-0.15, -0.1) is 0 Å². The number of nitrogens with one attached hydrogen (secondary N) is 1. The lowest BCUT2D eigenvalue weighted by Gasteiger charge is -2.14. The van der Waals surface area contributed by atoms with Crippen molar-refractivity contribution in [2.75, 3.05) is 12.4 Å². The lowest BCUT2D eigenvalue weighted by atomic mass is 10.1. The highest BCUT2D eigenvalue weighted by Crippen LogP contribution is 2.30. The number of ether oxygens (including phenoxy) is 1. The van der Waals surface area contributed by atoms with E-state index in [4.69, 9.17) is 16.3 Å². The van der Waals surface area contributed by atoms with Gasteiger partial charge in [0.1, 0.15) is 5.75 Å². The number of aryl methyl sites for hydroxylation is 1. The number of ketones is 1. The third-order valence-electron chi connectivity index (χ3n) is 4.83. The summed E-state index contributed by atoms with van der Waals surface area (Å²) in [6.07, 6.45) is 6.99. The van der Waals surface area contributed by atoms with Crippen LogP contribution in [0.5, 0.6) is 5.75 Å². The molecule has 0 fully saturated rings. The maximum Gasteiger partial charge on any atom is 0.259 e. The van der Waals surface area contributed by atoms with Gasteiger partial charge < -0.3 is 19.2 Å². The lowest BCUT2D eigenvalue weighted by molar-refractivity contribution is 0.101. The van der Waals surface area contributed by atoms with Gasteiger partial charge in [-0.3, -0.25) is 9.59 Å². The van der Waals surface area contributed by atoms with Gasteiger partial charge in [-0.25, -0.2) is 4.98 Å². The number of nitrogens with zero attached hydrogens (tertiary/aromatic N) is 3. The molecule has 4 rings (SSSR count). The lowest BCUT2D eigenvalue weighted by Crippen LogP contribution is -2.14. The van der Waals surface area contributed by atoms with Crippen LogP contribution in [-0.4, -0.2) is 32.9 Å². The van der Waals surface area contributed by atoms with E-state index in [0.717, 1.165) is 0 Å². The number of halogens is 1. The van der Waals surface area contributed by atoms with E-state index in [1.165, 1.54) is 7.11 Å². The van der Waals surface area contributed by atoms with Crippen LogP contribution in [0.1, 0.15) is 26.5 Å². The van der Waals surface area contributed by atoms with Gasteiger partial charge in [0.05, 0.1) is 23.4 Å². The Morgan fingerprint density at radius 1 is 1.06 bits per heavy atom. The summed E-state index contributed by atoms with van der Waals surface area (Å²) in [6.45, 7) is 0. The van der Waals surface area contributed by atoms with Crippen LogP contribution in [0.15, 0.2) is 73.3 Å². The number of carbonyl (C=O) groups excluding carboxylic acids is 2. The summed E-state index contributed by atoms with van der Waals surface area (Å²) in [5.74, 6) is 0.173. The van der Waals surface area contributed by atoms with E-state index in [2.05, 4.69) is 10.3 Å². The molecule has 0 atom stereocenters. The molecule has 0 radical (unpaired) electrons. The molecule has 0 aliphatic rings. The van der Waals surface area contributed by atoms with E-state index in [9.17, 15) is 9.59 Å². The van der Waals surface area contributed by atoms with Crippen molar-refractivity contribution in [1.82, 2.24) is 14.1 Å². The molecule has 0 saturated carbocycles. The Bertz CT molecular complexity index is 1240. The van der Waals surface area contributed by atoms with Gasteiger partial charge in [0.2, 0.25) is 5.78 Å². The minimum atomic E-state index is -0.374. The molecule has 156 valence electrons. The van der Waals surface area contributed by atoms with Crippen molar-refractivity contribution in [2.24, 2.45) is 7.05 Å². The van der Waals surface area contributed by atoms with Crippen LogP contribution in [0.4, 0.5) is 5.69 Å². The van der Waals surface area contributed by atoms with Crippen molar-refractivity contribution in [1.29, 1.82) is 0 Å². The van der Waals surface area contributed by atoms with E-state index < -0.39 is 0 Å². The molecule has 2 heterocycles. The van der Waals surface area contributed by atoms with Gasteiger partial charge >= 0.3 is 0 Å². The molecule has 0 saturated heterocycles. The monoisotopic (exact) mass is 434 g/mol. The molecule has 0 aliphatic heterocycles. The van der Waals surface area contributed by atoms with Crippen molar-refractivity contribution >= 4 is 29.0 Å². The molecular formula is C23H19ClN4O3. The van der Waals surface area contributed by atoms with E-state index in [0.29, 0.717) is 39.1 Å². The number of amides is 1.